The summed E-state index contributed by atoms with van der Waals surface area (Å²) in [6, 6.07) is 12.5. The van der Waals surface area contributed by atoms with E-state index < -0.39 is 89.3 Å². The highest BCUT2D eigenvalue weighted by Crippen LogP contribution is 2.36. The van der Waals surface area contributed by atoms with Crippen molar-refractivity contribution in [3.05, 3.63) is 107 Å². The van der Waals surface area contributed by atoms with Gasteiger partial charge in [0.15, 0.2) is 5.82 Å². The average Bonchev–Trinajstić information content (AvgIpc) is 3.91. The Balaban J connectivity index is 1.12. The molecule has 2 bridgehead atoms. The third-order valence-corrected chi connectivity index (χ3v) is 12.9. The molecule has 20 heteroatoms. The molecule has 0 saturated carbocycles. The molecule has 7 rings (SSSR count). The lowest BCUT2D eigenvalue weighted by molar-refractivity contribution is -0.132. The number of pyridine rings is 1. The van der Waals surface area contributed by atoms with Gasteiger partial charge in [0.2, 0.25) is 5.91 Å². The number of nitrogens with one attached hydrogen (secondary N) is 4. The molecule has 3 aliphatic rings. The van der Waals surface area contributed by atoms with E-state index in [1.165, 1.54) is 12.4 Å². The van der Waals surface area contributed by atoms with E-state index in [4.69, 9.17) is 14.5 Å². The van der Waals surface area contributed by atoms with E-state index in [9.17, 15) is 29.4 Å². The van der Waals surface area contributed by atoms with Crippen molar-refractivity contribution in [3.8, 4) is 23.2 Å². The molecular weight excluding hydrogens is 919 g/mol. The highest BCUT2D eigenvalue weighted by atomic mass is 19.1. The number of methoxy groups -OCH3 is 1. The summed E-state index contributed by atoms with van der Waals surface area (Å²) in [6.45, 7) is 12.4. The number of fused-ring (bicyclic) bond motifs is 2. The molecule has 71 heavy (non-hydrogen) atoms. The van der Waals surface area contributed by atoms with Crippen molar-refractivity contribution in [1.82, 2.24) is 46.2 Å². The van der Waals surface area contributed by atoms with Crippen LogP contribution in [-0.2, 0) is 32.0 Å². The maximum absolute atomic E-state index is 15.9. The number of carbonyl (C=O) groups is 4. The first-order chi connectivity index (χ1) is 33.7. The zero-order chi connectivity index (χ0) is 51.2. The number of amides is 4. The summed E-state index contributed by atoms with van der Waals surface area (Å²) in [6.07, 6.45) is 1.79. The van der Waals surface area contributed by atoms with Gasteiger partial charge in [-0.1, -0.05) is 65.5 Å². The zero-order valence-electron chi connectivity index (χ0n) is 40.9. The highest BCUT2D eigenvalue weighted by molar-refractivity contribution is 5.87. The summed E-state index contributed by atoms with van der Waals surface area (Å²) in [5.41, 5.74) is 2.35. The molecule has 0 aliphatic carbocycles. The van der Waals surface area contributed by atoms with Gasteiger partial charge in [0.05, 0.1) is 38.5 Å². The number of nitrogens with zero attached hydrogens (tertiary/aromatic N) is 6. The number of likely N-dealkylation sites (tertiary alicyclic amines) is 1. The summed E-state index contributed by atoms with van der Waals surface area (Å²) in [7, 11) is 1.16. The molecule has 378 valence electrons. The molecule has 2 aromatic heterocycles. The molecule has 18 nitrogen and oxygen atoms in total. The van der Waals surface area contributed by atoms with Gasteiger partial charge in [0, 0.05) is 79.1 Å². The number of aliphatic hydroxyl groups excluding tert-OH is 1. The van der Waals surface area contributed by atoms with Gasteiger partial charge in [-0.3, -0.25) is 19.9 Å². The average molecular weight is 981 g/mol. The van der Waals surface area contributed by atoms with Crippen molar-refractivity contribution in [2.75, 3.05) is 44.9 Å². The second-order valence-corrected chi connectivity index (χ2v) is 20.4. The predicted octanol–water partition coefficient (Wildman–Crippen LogP) is 4.25. The smallest absolute Gasteiger partial charge is 0.407 e. The number of aliphatic hydroxyl groups is 1. The minimum absolute atomic E-state index is 0.00685. The Labute approximate surface area is 411 Å². The normalized spacial score (nSPS) is 18.6. The summed E-state index contributed by atoms with van der Waals surface area (Å²) < 4.78 is 42.1. The fourth-order valence-corrected chi connectivity index (χ4v) is 9.04. The Kier molecular flexibility index (Phi) is 16.2. The Morgan fingerprint density at radius 1 is 0.845 bits per heavy atom. The van der Waals surface area contributed by atoms with Gasteiger partial charge in [-0.15, -0.1) is 0 Å². The maximum Gasteiger partial charge on any atom is 0.407 e. The molecule has 4 aromatic rings. The third-order valence-electron chi connectivity index (χ3n) is 12.9. The molecule has 3 saturated heterocycles. The van der Waals surface area contributed by atoms with Crippen LogP contribution in [0.4, 0.5) is 24.2 Å². The number of benzene rings is 2. The summed E-state index contributed by atoms with van der Waals surface area (Å²) in [4.78, 5) is 70.1. The van der Waals surface area contributed by atoms with E-state index in [1.54, 1.807) is 78.1 Å². The number of hydrazine groups is 1. The van der Waals surface area contributed by atoms with Crippen LogP contribution < -0.4 is 26.3 Å². The van der Waals surface area contributed by atoms with E-state index in [2.05, 4.69) is 53.0 Å². The van der Waals surface area contributed by atoms with E-state index >= 15 is 8.78 Å². The van der Waals surface area contributed by atoms with Crippen molar-refractivity contribution >= 4 is 29.8 Å². The van der Waals surface area contributed by atoms with Gasteiger partial charge in [0.25, 0.3) is 5.91 Å². The Morgan fingerprint density at radius 3 is 2.03 bits per heavy atom. The molecule has 4 amide bonds. The molecule has 5 heterocycles. The number of anilines is 1. The van der Waals surface area contributed by atoms with Crippen LogP contribution in [0.25, 0.3) is 11.4 Å². The first kappa shape index (κ1) is 52.0. The van der Waals surface area contributed by atoms with Crippen molar-refractivity contribution < 1.29 is 47.6 Å². The number of hydrogen-bond donors (Lipinski definition) is 6. The van der Waals surface area contributed by atoms with E-state index in [0.717, 1.165) is 68.4 Å². The van der Waals surface area contributed by atoms with Crippen LogP contribution in [0.15, 0.2) is 73.2 Å². The van der Waals surface area contributed by atoms with Gasteiger partial charge in [-0.05, 0) is 71.7 Å². The highest BCUT2D eigenvalue weighted by Gasteiger charge is 2.47. The van der Waals surface area contributed by atoms with Crippen LogP contribution in [0.2, 0.25) is 0 Å². The minimum atomic E-state index is -1.58. The number of aromatic nitrogens is 3. The molecule has 2 aromatic carbocycles. The number of alkyl carbamates (subject to hydrolysis) is 1. The van der Waals surface area contributed by atoms with Crippen LogP contribution >= 0.6 is 0 Å². The van der Waals surface area contributed by atoms with Gasteiger partial charge in [-0.2, -0.15) is 0 Å². The number of piperazine rings is 1. The lowest BCUT2D eigenvalue weighted by atomic mass is 9.85. The Morgan fingerprint density at radius 2 is 1.48 bits per heavy atom. The molecule has 0 spiro atoms. The van der Waals surface area contributed by atoms with E-state index in [0.29, 0.717) is 29.3 Å². The van der Waals surface area contributed by atoms with Crippen LogP contribution in [0.5, 0.6) is 0 Å². The number of halogens is 2. The largest absolute Gasteiger partial charge is 0.465 e. The second kappa shape index (κ2) is 22.1. The van der Waals surface area contributed by atoms with Crippen LogP contribution in [0.3, 0.4) is 0 Å². The standard InChI is InChI=1S/C51H62F2N10O8/c1-50(2,3)43(59-49(69)70-7)46(65)57-40(19-31-12-9-30(10-13-31)11-14-32-15-16-42(56-23-32)63-25-34-22-35(63)24-62(34)36-28-71-29-36)41(64)27-61(60-47(66)44(51(4,5)6)58-48(67)68)26-37-38(52)20-33(21-39(37)53)45-54-17-8-18-55-45/h8-10,12-13,15-18,20-21,23,34-36,40-41,43-44,58,64H,19,22,24-29H2,1-7H3,(H,57,65)(H,59,69)(H,60,66)(H,67,68)/t34-,35-,40+,41+,43-,44-/m1/s1. The van der Waals surface area contributed by atoms with Crippen molar-refractivity contribution in [2.45, 2.75) is 103 Å². The minimum Gasteiger partial charge on any atom is -0.465 e. The molecule has 6 atom stereocenters. The number of ether oxygens (including phenoxy) is 2. The van der Waals surface area contributed by atoms with Gasteiger partial charge in [0.1, 0.15) is 29.5 Å². The zero-order valence-corrected chi connectivity index (χ0v) is 40.9. The predicted molar refractivity (Wildman–Crippen MR) is 258 cm³/mol. The molecule has 3 fully saturated rings. The maximum atomic E-state index is 15.9. The summed E-state index contributed by atoms with van der Waals surface area (Å²) in [5.74, 6) is 3.75. The lowest BCUT2D eigenvalue weighted by Crippen LogP contribution is -2.60. The topological polar surface area (TPSA) is 224 Å². The number of carboxylic acid groups (broad SMARTS) is 1. The van der Waals surface area contributed by atoms with Crippen molar-refractivity contribution in [3.63, 3.8) is 0 Å². The van der Waals surface area contributed by atoms with Gasteiger partial charge in [-0.25, -0.2) is 38.3 Å². The first-order valence-electron chi connectivity index (χ1n) is 23.5. The second-order valence-electron chi connectivity index (χ2n) is 20.4. The van der Waals surface area contributed by atoms with Crippen LogP contribution in [0.1, 0.15) is 70.2 Å². The quantitative estimate of drug-likeness (QED) is 0.0683. The van der Waals surface area contributed by atoms with Crippen LogP contribution in [-0.4, -0.2) is 141 Å². The number of carbonyl (C=O) groups excluding carboxylic acids is 3. The SMILES string of the molecule is COC(=O)N[C@H](C(=O)N[C@@H](Cc1ccc(C#Cc2ccc(N3C[C@H]4C[C@@H]3CN4C3COC3)nc2)cc1)[C@@H](O)CN(Cc1c(F)cc(-c2ncccn2)cc1F)NC(=O)[C@@H](NC(=O)O)C(C)(C)C)C(C)(C)C. The van der Waals surface area contributed by atoms with Gasteiger partial charge >= 0.3 is 12.2 Å². The monoisotopic (exact) mass is 980 g/mol. The van der Waals surface area contributed by atoms with Crippen molar-refractivity contribution in [1.29, 1.82) is 0 Å². The van der Waals surface area contributed by atoms with E-state index in [-0.39, 0.29) is 17.8 Å². The summed E-state index contributed by atoms with van der Waals surface area (Å²) >= 11 is 0. The lowest BCUT2D eigenvalue weighted by Gasteiger charge is -2.42. The molecule has 3 aliphatic heterocycles. The van der Waals surface area contributed by atoms with Gasteiger partial charge < -0.3 is 40.5 Å². The number of hydrogen-bond acceptors (Lipinski definition) is 13. The number of rotatable bonds is 16. The fraction of sp³-hybridized carbons (Fsp3) is 0.471. The Hall–Kier alpha value is -6.79. The first-order valence-corrected chi connectivity index (χ1v) is 23.5. The van der Waals surface area contributed by atoms with E-state index in [1.807, 2.05) is 12.1 Å². The molecule has 0 unspecified atom stereocenters. The fourth-order valence-electron chi connectivity index (χ4n) is 9.04. The van der Waals surface area contributed by atoms with Crippen LogP contribution in [0, 0.1) is 34.3 Å². The molecule has 6 N–H and O–H groups in total. The molecular formula is C51H62F2N10O8. The third kappa shape index (κ3) is 13.1. The summed E-state index contributed by atoms with van der Waals surface area (Å²) in [5, 5.41) is 30.4. The Bertz CT molecular complexity index is 2580. The van der Waals surface area contributed by atoms with Crippen molar-refractivity contribution in [2.24, 2.45) is 10.8 Å². The molecule has 0 radical (unpaired) electrons.